The molecule has 10 atom stereocenters. The maximum atomic E-state index is 10.4. The summed E-state index contributed by atoms with van der Waals surface area (Å²) in [4.78, 5) is 0. The summed E-state index contributed by atoms with van der Waals surface area (Å²) in [5.41, 5.74) is 18.9. The lowest BCUT2D eigenvalue weighted by Crippen LogP contribution is -2.67. The predicted octanol–water partition coefficient (Wildman–Crippen LogP) is -2.77. The van der Waals surface area contributed by atoms with Crippen molar-refractivity contribution in [3.05, 3.63) is 42.0 Å². The van der Waals surface area contributed by atoms with Crippen molar-refractivity contribution < 1.29 is 29.9 Å². The molecule has 0 aromatic heterocycles. The summed E-state index contributed by atoms with van der Waals surface area (Å²) in [6, 6.07) is 7.44. The Hall–Kier alpha value is -1.44. The van der Waals surface area contributed by atoms with Crippen LogP contribution in [0.2, 0.25) is 0 Å². The first-order chi connectivity index (χ1) is 14.8. The highest BCUT2D eigenvalue weighted by Gasteiger charge is 2.48. The number of benzene rings is 1. The number of rotatable bonds is 7. The Kier molecular flexibility index (Phi) is 8.53. The largest absolute Gasteiger partial charge is 0.389 e. The van der Waals surface area contributed by atoms with E-state index in [0.717, 1.165) is 5.56 Å². The predicted molar refractivity (Wildman–Crippen MR) is 114 cm³/mol. The van der Waals surface area contributed by atoms with Gasteiger partial charge in [-0.3, -0.25) is 0 Å². The second kappa shape index (κ2) is 10.9. The number of nitrogens with one attached hydrogen (secondary N) is 1. The molecule has 1 aromatic rings. The van der Waals surface area contributed by atoms with Crippen molar-refractivity contribution in [1.29, 1.82) is 0 Å². The van der Waals surface area contributed by atoms with Crippen molar-refractivity contribution in [2.24, 2.45) is 17.2 Å². The molecule has 1 aliphatic heterocycles. The zero-order chi connectivity index (χ0) is 22.5. The van der Waals surface area contributed by atoms with Gasteiger partial charge in [0.25, 0.3) is 0 Å². The van der Waals surface area contributed by atoms with Crippen LogP contribution in [0.1, 0.15) is 12.0 Å². The van der Waals surface area contributed by atoms with Gasteiger partial charge in [-0.05, 0) is 12.0 Å². The molecule has 10 heteroatoms. The normalized spacial score (nSPS) is 41.5. The molecule has 0 amide bonds. The van der Waals surface area contributed by atoms with Gasteiger partial charge in [-0.1, -0.05) is 42.5 Å². The lowest BCUT2D eigenvalue weighted by molar-refractivity contribution is -0.288. The minimum Gasteiger partial charge on any atom is -0.389 e. The summed E-state index contributed by atoms with van der Waals surface area (Å²) in [6.07, 6.45) is -3.80. The molecule has 1 saturated heterocycles. The summed E-state index contributed by atoms with van der Waals surface area (Å²) in [5.74, 6) is 0. The molecule has 1 aliphatic carbocycles. The highest BCUT2D eigenvalue weighted by atomic mass is 16.7. The third kappa shape index (κ3) is 5.88. The molecule has 2 fully saturated rings. The van der Waals surface area contributed by atoms with Gasteiger partial charge in [-0.15, -0.1) is 0 Å². The third-order valence-corrected chi connectivity index (χ3v) is 5.85. The van der Waals surface area contributed by atoms with E-state index in [1.807, 2.05) is 42.5 Å². The minimum atomic E-state index is -1.32. The standard InChI is InChI=1S/C21H34N4O6/c22-12-9-13(23)20(19(29)16(12)26)31-21-15(24)18(28)17(27)14(30-21)10-25-8-4-7-11-5-2-1-3-6-11/h1-7,12-21,25-29H,8-10,22-24H2/b7-4+/t12-,13+,14-,15-,16+,17-,18-,19-,20-,21-/m1/s1. The second-order valence-corrected chi connectivity index (χ2v) is 8.22. The molecule has 31 heavy (non-hydrogen) atoms. The van der Waals surface area contributed by atoms with Crippen LogP contribution in [-0.4, -0.2) is 94.6 Å². The highest BCUT2D eigenvalue weighted by molar-refractivity contribution is 5.48. The quantitative estimate of drug-likeness (QED) is 0.207. The molecule has 0 unspecified atom stereocenters. The number of hydrogen-bond acceptors (Lipinski definition) is 10. The van der Waals surface area contributed by atoms with E-state index in [0.29, 0.717) is 6.54 Å². The SMILES string of the molecule is N[C@H]1[C@@H](O[C@H]2[C@H](O)[C@@H](O)[C@H](N)C[C@@H]2N)O[C@H](CNC/C=C/c2ccccc2)[C@@H](O)[C@@H]1O. The Morgan fingerprint density at radius 1 is 0.968 bits per heavy atom. The minimum absolute atomic E-state index is 0.233. The summed E-state index contributed by atoms with van der Waals surface area (Å²) in [7, 11) is 0. The zero-order valence-corrected chi connectivity index (χ0v) is 17.3. The number of aliphatic hydroxyl groups excluding tert-OH is 4. The van der Waals surface area contributed by atoms with Crippen molar-refractivity contribution in [2.75, 3.05) is 13.1 Å². The van der Waals surface area contributed by atoms with Crippen molar-refractivity contribution in [2.45, 2.75) is 67.5 Å². The molecule has 1 saturated carbocycles. The van der Waals surface area contributed by atoms with Gasteiger partial charge in [0.2, 0.25) is 0 Å². The lowest BCUT2D eigenvalue weighted by Gasteiger charge is -2.46. The Morgan fingerprint density at radius 3 is 2.39 bits per heavy atom. The molecule has 1 heterocycles. The first kappa shape index (κ1) is 24.2. The maximum Gasteiger partial charge on any atom is 0.176 e. The smallest absolute Gasteiger partial charge is 0.176 e. The van der Waals surface area contributed by atoms with Crippen molar-refractivity contribution in [3.63, 3.8) is 0 Å². The summed E-state index contributed by atoms with van der Waals surface area (Å²) < 4.78 is 11.6. The van der Waals surface area contributed by atoms with E-state index < -0.39 is 61.0 Å². The average molecular weight is 439 g/mol. The van der Waals surface area contributed by atoms with Gasteiger partial charge >= 0.3 is 0 Å². The molecule has 174 valence electrons. The molecule has 1 aromatic carbocycles. The van der Waals surface area contributed by atoms with E-state index >= 15 is 0 Å². The highest BCUT2D eigenvalue weighted by Crippen LogP contribution is 2.27. The van der Waals surface area contributed by atoms with Gasteiger partial charge < -0.3 is 52.4 Å². The first-order valence-corrected chi connectivity index (χ1v) is 10.5. The molecule has 10 nitrogen and oxygen atoms in total. The van der Waals surface area contributed by atoms with Gasteiger partial charge in [-0.25, -0.2) is 0 Å². The van der Waals surface area contributed by atoms with Gasteiger partial charge in [0.05, 0.1) is 12.1 Å². The number of aliphatic hydroxyl groups is 4. The summed E-state index contributed by atoms with van der Waals surface area (Å²) in [6.45, 7) is 0.752. The van der Waals surface area contributed by atoms with E-state index in [1.54, 1.807) is 0 Å². The fourth-order valence-corrected chi connectivity index (χ4v) is 3.94. The van der Waals surface area contributed by atoms with Crippen LogP contribution in [-0.2, 0) is 9.47 Å². The molecule has 3 rings (SSSR count). The summed E-state index contributed by atoms with van der Waals surface area (Å²) >= 11 is 0. The van der Waals surface area contributed by atoms with E-state index in [9.17, 15) is 20.4 Å². The summed E-state index contributed by atoms with van der Waals surface area (Å²) in [5, 5.41) is 44.2. The van der Waals surface area contributed by atoms with E-state index in [-0.39, 0.29) is 13.0 Å². The van der Waals surface area contributed by atoms with Crippen molar-refractivity contribution >= 4 is 6.08 Å². The van der Waals surface area contributed by atoms with E-state index in [2.05, 4.69) is 5.32 Å². The van der Waals surface area contributed by atoms with Crippen LogP contribution in [0.5, 0.6) is 0 Å². The fraction of sp³-hybridized carbons (Fsp3) is 0.619. The van der Waals surface area contributed by atoms with Gasteiger partial charge in [0.15, 0.2) is 6.29 Å². The van der Waals surface area contributed by atoms with Crippen LogP contribution >= 0.6 is 0 Å². The Balaban J connectivity index is 1.55. The van der Waals surface area contributed by atoms with Crippen LogP contribution in [0.25, 0.3) is 6.08 Å². The third-order valence-electron chi connectivity index (χ3n) is 5.85. The van der Waals surface area contributed by atoms with Crippen LogP contribution in [0, 0.1) is 0 Å². The second-order valence-electron chi connectivity index (χ2n) is 8.22. The molecular formula is C21H34N4O6. The molecule has 0 spiro atoms. The number of nitrogens with two attached hydrogens (primary N) is 3. The molecular weight excluding hydrogens is 404 g/mol. The van der Waals surface area contributed by atoms with E-state index in [1.165, 1.54) is 0 Å². The lowest BCUT2D eigenvalue weighted by atomic mass is 9.84. The van der Waals surface area contributed by atoms with Gasteiger partial charge in [-0.2, -0.15) is 0 Å². The Morgan fingerprint density at radius 2 is 1.68 bits per heavy atom. The van der Waals surface area contributed by atoms with Crippen LogP contribution < -0.4 is 22.5 Å². The van der Waals surface area contributed by atoms with Gasteiger partial charge in [0.1, 0.15) is 30.5 Å². The topological polar surface area (TPSA) is 189 Å². The maximum absolute atomic E-state index is 10.4. The molecule has 0 bridgehead atoms. The molecule has 0 radical (unpaired) electrons. The fourth-order valence-electron chi connectivity index (χ4n) is 3.94. The monoisotopic (exact) mass is 438 g/mol. The Bertz CT molecular complexity index is 710. The first-order valence-electron chi connectivity index (χ1n) is 10.5. The Labute approximate surface area is 181 Å². The van der Waals surface area contributed by atoms with Gasteiger partial charge in [0, 0.05) is 25.2 Å². The van der Waals surface area contributed by atoms with E-state index in [4.69, 9.17) is 26.7 Å². The molecule has 11 N–H and O–H groups in total. The van der Waals surface area contributed by atoms with Crippen molar-refractivity contribution in [3.8, 4) is 0 Å². The van der Waals surface area contributed by atoms with Crippen LogP contribution in [0.3, 0.4) is 0 Å². The van der Waals surface area contributed by atoms with Crippen molar-refractivity contribution in [1.82, 2.24) is 5.32 Å². The molecule has 2 aliphatic rings. The van der Waals surface area contributed by atoms with Crippen LogP contribution in [0.15, 0.2) is 36.4 Å². The average Bonchev–Trinajstić information content (AvgIpc) is 2.76. The van der Waals surface area contributed by atoms with Crippen LogP contribution in [0.4, 0.5) is 0 Å². The number of ether oxygens (including phenoxy) is 2. The zero-order valence-electron chi connectivity index (χ0n) is 17.3. The number of hydrogen-bond donors (Lipinski definition) is 8.